The van der Waals surface area contributed by atoms with Gasteiger partial charge in [-0.05, 0) is 32.0 Å². The average molecular weight is 226 g/mol. The Balaban J connectivity index is 2.07. The Kier molecular flexibility index (Phi) is 3.21. The molecule has 1 atom stereocenters. The third-order valence-electron chi connectivity index (χ3n) is 3.14. The van der Waals surface area contributed by atoms with Crippen molar-refractivity contribution in [2.45, 2.75) is 38.9 Å². The van der Waals surface area contributed by atoms with Crippen LogP contribution in [0.3, 0.4) is 0 Å². The second-order valence-corrected chi connectivity index (χ2v) is 4.69. The van der Waals surface area contributed by atoms with E-state index in [4.69, 9.17) is 12.2 Å². The molecule has 0 spiro atoms. The van der Waals surface area contributed by atoms with Crippen molar-refractivity contribution in [2.75, 3.05) is 6.54 Å². The minimum atomic E-state index is 0.655. The van der Waals surface area contributed by atoms with Gasteiger partial charge in [-0.15, -0.1) is 0 Å². The normalized spacial score (nSPS) is 23.2. The summed E-state index contributed by atoms with van der Waals surface area (Å²) in [7, 11) is 1.94. The van der Waals surface area contributed by atoms with Gasteiger partial charge < -0.3 is 4.57 Å². The first-order chi connectivity index (χ1) is 7.18. The summed E-state index contributed by atoms with van der Waals surface area (Å²) >= 11 is 5.27. The minimum Gasteiger partial charge on any atom is -0.310 e. The van der Waals surface area contributed by atoms with Gasteiger partial charge >= 0.3 is 0 Å². The van der Waals surface area contributed by atoms with Crippen molar-refractivity contribution in [1.29, 1.82) is 0 Å². The summed E-state index contributed by atoms with van der Waals surface area (Å²) in [5, 5.41) is 4.28. The Morgan fingerprint density at radius 1 is 1.53 bits per heavy atom. The molecule has 0 aromatic carbocycles. The highest BCUT2D eigenvalue weighted by molar-refractivity contribution is 7.71. The molecule has 5 heteroatoms. The molecule has 0 N–H and O–H groups in total. The van der Waals surface area contributed by atoms with E-state index in [9.17, 15) is 0 Å². The highest BCUT2D eigenvalue weighted by Gasteiger charge is 2.18. The van der Waals surface area contributed by atoms with Crippen molar-refractivity contribution in [3.8, 4) is 0 Å². The van der Waals surface area contributed by atoms with Crippen LogP contribution >= 0.6 is 12.2 Å². The maximum Gasteiger partial charge on any atom is 0.198 e. The fourth-order valence-corrected chi connectivity index (χ4v) is 2.21. The van der Waals surface area contributed by atoms with Crippen LogP contribution in [-0.4, -0.2) is 31.8 Å². The van der Waals surface area contributed by atoms with Crippen molar-refractivity contribution < 1.29 is 0 Å². The third kappa shape index (κ3) is 2.29. The number of nitrogens with zero attached hydrogens (tertiary/aromatic N) is 4. The Bertz CT molecular complexity index is 381. The van der Waals surface area contributed by atoms with E-state index in [0.29, 0.717) is 6.04 Å². The van der Waals surface area contributed by atoms with Crippen LogP contribution in [0.2, 0.25) is 0 Å². The van der Waals surface area contributed by atoms with Gasteiger partial charge in [-0.3, -0.25) is 4.90 Å². The van der Waals surface area contributed by atoms with Gasteiger partial charge in [-0.1, -0.05) is 6.42 Å². The zero-order valence-corrected chi connectivity index (χ0v) is 10.2. The van der Waals surface area contributed by atoms with Crippen LogP contribution in [0.25, 0.3) is 0 Å². The maximum absolute atomic E-state index is 5.27. The molecular formula is C10H18N4S. The number of hydrogen-bond donors (Lipinski definition) is 0. The van der Waals surface area contributed by atoms with Gasteiger partial charge in [-0.2, -0.15) is 5.10 Å². The van der Waals surface area contributed by atoms with Crippen LogP contribution in [0.15, 0.2) is 6.33 Å². The highest BCUT2D eigenvalue weighted by Crippen LogP contribution is 2.16. The summed E-state index contributed by atoms with van der Waals surface area (Å²) in [6, 6.07) is 0.655. The first-order valence-electron chi connectivity index (χ1n) is 5.51. The van der Waals surface area contributed by atoms with E-state index in [2.05, 4.69) is 16.9 Å². The van der Waals surface area contributed by atoms with Crippen molar-refractivity contribution >= 4 is 12.2 Å². The Morgan fingerprint density at radius 2 is 2.33 bits per heavy atom. The lowest BCUT2D eigenvalue weighted by Crippen LogP contribution is -2.38. The summed E-state index contributed by atoms with van der Waals surface area (Å²) in [5.74, 6) is 0. The maximum atomic E-state index is 5.27. The monoisotopic (exact) mass is 226 g/mol. The minimum absolute atomic E-state index is 0.655. The SMILES string of the molecule is CC1CCCCN1Cn1ncn(C)c1=S. The number of piperidine rings is 1. The van der Waals surface area contributed by atoms with Crippen molar-refractivity contribution in [2.24, 2.45) is 7.05 Å². The van der Waals surface area contributed by atoms with Crippen LogP contribution in [0.4, 0.5) is 0 Å². The van der Waals surface area contributed by atoms with Crippen molar-refractivity contribution in [3.63, 3.8) is 0 Å². The third-order valence-corrected chi connectivity index (χ3v) is 3.64. The van der Waals surface area contributed by atoms with E-state index >= 15 is 0 Å². The molecule has 1 unspecified atom stereocenters. The molecule has 0 amide bonds. The molecule has 0 aliphatic carbocycles. The largest absolute Gasteiger partial charge is 0.310 e. The van der Waals surface area contributed by atoms with Gasteiger partial charge in [0.2, 0.25) is 0 Å². The highest BCUT2D eigenvalue weighted by atomic mass is 32.1. The lowest BCUT2D eigenvalue weighted by molar-refractivity contribution is 0.114. The predicted molar refractivity (Wildman–Crippen MR) is 62.1 cm³/mol. The van der Waals surface area contributed by atoms with Gasteiger partial charge in [0.1, 0.15) is 6.33 Å². The van der Waals surface area contributed by atoms with Gasteiger partial charge in [0.15, 0.2) is 4.77 Å². The first kappa shape index (κ1) is 10.8. The number of rotatable bonds is 2. The van der Waals surface area contributed by atoms with Gasteiger partial charge in [0, 0.05) is 19.6 Å². The molecule has 1 fully saturated rings. The molecule has 1 aromatic rings. The zero-order valence-electron chi connectivity index (χ0n) is 9.39. The number of likely N-dealkylation sites (tertiary alicyclic amines) is 1. The lowest BCUT2D eigenvalue weighted by atomic mass is 10.0. The molecular weight excluding hydrogens is 208 g/mol. The van der Waals surface area contributed by atoms with Crippen molar-refractivity contribution in [1.82, 2.24) is 19.2 Å². The number of aryl methyl sites for hydroxylation is 1. The lowest BCUT2D eigenvalue weighted by Gasteiger charge is -2.32. The van der Waals surface area contributed by atoms with Crippen LogP contribution < -0.4 is 0 Å². The molecule has 1 aliphatic rings. The molecule has 2 rings (SSSR count). The summed E-state index contributed by atoms with van der Waals surface area (Å²) in [6.07, 6.45) is 5.72. The van der Waals surface area contributed by atoms with Gasteiger partial charge in [-0.25, -0.2) is 4.68 Å². The Labute approximate surface area is 95.5 Å². The van der Waals surface area contributed by atoms with E-state index in [0.717, 1.165) is 11.4 Å². The molecule has 1 aromatic heterocycles. The second-order valence-electron chi connectivity index (χ2n) is 4.32. The molecule has 0 bridgehead atoms. The quantitative estimate of drug-likeness (QED) is 0.719. The average Bonchev–Trinajstić information content (AvgIpc) is 2.53. The zero-order chi connectivity index (χ0) is 10.8. The Hall–Kier alpha value is -0.680. The number of hydrogen-bond acceptors (Lipinski definition) is 3. The van der Waals surface area contributed by atoms with E-state index in [1.807, 2.05) is 16.3 Å². The standard InChI is InChI=1S/C10H18N4S/c1-9-5-3-4-6-13(9)8-14-10(15)12(2)7-11-14/h7,9H,3-6,8H2,1-2H3. The molecule has 0 saturated carbocycles. The van der Waals surface area contributed by atoms with Crippen LogP contribution in [0.5, 0.6) is 0 Å². The molecule has 4 nitrogen and oxygen atoms in total. The van der Waals surface area contributed by atoms with Gasteiger partial charge in [0.25, 0.3) is 0 Å². The predicted octanol–water partition coefficient (Wildman–Crippen LogP) is 1.78. The smallest absolute Gasteiger partial charge is 0.198 e. The summed E-state index contributed by atoms with van der Waals surface area (Å²) in [5.41, 5.74) is 0. The second kappa shape index (κ2) is 4.45. The molecule has 1 saturated heterocycles. The van der Waals surface area contributed by atoms with E-state index < -0.39 is 0 Å². The summed E-state index contributed by atoms with van der Waals surface area (Å²) in [6.45, 7) is 4.28. The van der Waals surface area contributed by atoms with Crippen LogP contribution in [0, 0.1) is 4.77 Å². The molecule has 2 heterocycles. The first-order valence-corrected chi connectivity index (χ1v) is 5.92. The van der Waals surface area contributed by atoms with E-state index in [1.54, 1.807) is 6.33 Å². The fraction of sp³-hybridized carbons (Fsp3) is 0.800. The van der Waals surface area contributed by atoms with E-state index in [1.165, 1.54) is 25.8 Å². The topological polar surface area (TPSA) is 26.0 Å². The molecule has 15 heavy (non-hydrogen) atoms. The van der Waals surface area contributed by atoms with Crippen molar-refractivity contribution in [3.05, 3.63) is 11.1 Å². The van der Waals surface area contributed by atoms with Crippen LogP contribution in [0.1, 0.15) is 26.2 Å². The molecule has 0 radical (unpaired) electrons. The number of aromatic nitrogens is 3. The van der Waals surface area contributed by atoms with Crippen LogP contribution in [-0.2, 0) is 13.7 Å². The van der Waals surface area contributed by atoms with E-state index in [-0.39, 0.29) is 0 Å². The molecule has 84 valence electrons. The fourth-order valence-electron chi connectivity index (χ4n) is 2.06. The summed E-state index contributed by atoms with van der Waals surface area (Å²) in [4.78, 5) is 2.45. The molecule has 1 aliphatic heterocycles. The van der Waals surface area contributed by atoms with Gasteiger partial charge in [0.05, 0.1) is 6.67 Å². The summed E-state index contributed by atoms with van der Waals surface area (Å²) < 4.78 is 4.58. The Morgan fingerprint density at radius 3 is 2.93 bits per heavy atom.